The zero-order valence-electron chi connectivity index (χ0n) is 15.8. The van der Waals surface area contributed by atoms with Gasteiger partial charge >= 0.3 is 0 Å². The van der Waals surface area contributed by atoms with Crippen molar-refractivity contribution in [3.8, 4) is 16.9 Å². The highest BCUT2D eigenvalue weighted by molar-refractivity contribution is 7.15. The Labute approximate surface area is 176 Å². The van der Waals surface area contributed by atoms with Crippen LogP contribution < -0.4 is 5.32 Å². The second-order valence-electron chi connectivity index (χ2n) is 6.85. The number of hydrogen-bond acceptors (Lipinski definition) is 3. The van der Waals surface area contributed by atoms with E-state index in [0.29, 0.717) is 11.5 Å². The maximum absolute atomic E-state index is 13.3. The molecule has 0 fully saturated rings. The number of carbonyl (C=O) groups excluding carboxylic acids is 1. The molecule has 1 amide bonds. The average Bonchev–Trinajstić information content (AvgIpc) is 3.48. The molecule has 0 atom stereocenters. The summed E-state index contributed by atoms with van der Waals surface area (Å²) in [7, 11) is 0. The highest BCUT2D eigenvalue weighted by atomic mass is 32.1. The highest BCUT2D eigenvalue weighted by Gasteiger charge is 2.17. The molecule has 0 bridgehead atoms. The average molecular weight is 416 g/mol. The first-order valence-electron chi connectivity index (χ1n) is 9.41. The fourth-order valence-corrected chi connectivity index (χ4v) is 4.08. The predicted molar refractivity (Wildman–Crippen MR) is 117 cm³/mol. The van der Waals surface area contributed by atoms with Crippen molar-refractivity contribution in [3.63, 3.8) is 0 Å². The Balaban J connectivity index is 1.38. The van der Waals surface area contributed by atoms with Crippen LogP contribution in [0.2, 0.25) is 0 Å². The molecule has 0 aliphatic rings. The van der Waals surface area contributed by atoms with E-state index in [9.17, 15) is 9.18 Å². The van der Waals surface area contributed by atoms with Crippen LogP contribution in [0.1, 0.15) is 5.56 Å². The number of thiazole rings is 1. The van der Waals surface area contributed by atoms with E-state index in [2.05, 4.69) is 10.3 Å². The van der Waals surface area contributed by atoms with Crippen LogP contribution in [-0.4, -0.2) is 19.9 Å². The number of imidazole rings is 1. The first-order chi connectivity index (χ1) is 14.7. The van der Waals surface area contributed by atoms with Gasteiger partial charge < -0.3 is 9.88 Å². The molecule has 148 valence electrons. The summed E-state index contributed by atoms with van der Waals surface area (Å²) in [5, 5.41) is 4.90. The Bertz CT molecular complexity index is 1300. The first kappa shape index (κ1) is 18.3. The van der Waals surface area contributed by atoms with E-state index in [1.807, 2.05) is 69.3 Å². The third kappa shape index (κ3) is 3.51. The number of halogens is 1. The lowest BCUT2D eigenvalue weighted by Crippen LogP contribution is -2.16. The number of aromatic nitrogens is 3. The summed E-state index contributed by atoms with van der Waals surface area (Å²) in [5.41, 5.74) is 3.33. The molecular formula is C23H17FN4OS. The van der Waals surface area contributed by atoms with Gasteiger partial charge in [0.15, 0.2) is 4.96 Å². The molecule has 0 unspecified atom stereocenters. The number of nitrogens with zero attached hydrogens (tertiary/aromatic N) is 3. The van der Waals surface area contributed by atoms with Crippen LogP contribution in [0.25, 0.3) is 21.9 Å². The molecule has 1 N–H and O–H groups in total. The maximum atomic E-state index is 13.3. The lowest BCUT2D eigenvalue weighted by atomic mass is 10.1. The van der Waals surface area contributed by atoms with Crippen molar-refractivity contribution < 1.29 is 9.18 Å². The highest BCUT2D eigenvalue weighted by Crippen LogP contribution is 2.31. The number of rotatable bonds is 5. The summed E-state index contributed by atoms with van der Waals surface area (Å²) < 4.78 is 17.2. The van der Waals surface area contributed by atoms with E-state index in [1.54, 1.807) is 12.1 Å². The summed E-state index contributed by atoms with van der Waals surface area (Å²) in [4.78, 5) is 18.2. The minimum absolute atomic E-state index is 0.139. The molecule has 5 rings (SSSR count). The molecule has 3 heterocycles. The van der Waals surface area contributed by atoms with Crippen LogP contribution in [0.5, 0.6) is 0 Å². The van der Waals surface area contributed by atoms with Gasteiger partial charge in [-0.3, -0.25) is 9.20 Å². The number of fused-ring (bicyclic) bond motifs is 1. The van der Waals surface area contributed by atoms with Gasteiger partial charge in [0.2, 0.25) is 5.91 Å². The lowest BCUT2D eigenvalue weighted by Gasteiger charge is -2.08. The molecule has 0 saturated heterocycles. The Morgan fingerprint density at radius 2 is 1.73 bits per heavy atom. The number of nitrogens with one attached hydrogen (secondary N) is 1. The topological polar surface area (TPSA) is 51.3 Å². The maximum Gasteiger partial charge on any atom is 0.229 e. The van der Waals surface area contributed by atoms with Gasteiger partial charge in [-0.05, 0) is 54.1 Å². The van der Waals surface area contributed by atoms with Crippen molar-refractivity contribution in [1.82, 2.24) is 14.0 Å². The van der Waals surface area contributed by atoms with Crippen molar-refractivity contribution in [2.75, 3.05) is 5.32 Å². The van der Waals surface area contributed by atoms with Gasteiger partial charge in [0, 0.05) is 35.2 Å². The van der Waals surface area contributed by atoms with Crippen molar-refractivity contribution in [2.24, 2.45) is 0 Å². The van der Waals surface area contributed by atoms with Crippen LogP contribution in [-0.2, 0) is 11.2 Å². The normalized spacial score (nSPS) is 11.1. The largest absolute Gasteiger partial charge is 0.324 e. The molecule has 0 aliphatic carbocycles. The molecule has 3 aromatic heterocycles. The molecule has 30 heavy (non-hydrogen) atoms. The van der Waals surface area contributed by atoms with Gasteiger partial charge in [0.1, 0.15) is 17.3 Å². The quantitative estimate of drug-likeness (QED) is 0.430. The van der Waals surface area contributed by atoms with Gasteiger partial charge in [-0.25, -0.2) is 9.37 Å². The summed E-state index contributed by atoms with van der Waals surface area (Å²) >= 11 is 1.48. The molecular weight excluding hydrogens is 399 g/mol. The number of anilines is 1. The monoisotopic (exact) mass is 416 g/mol. The minimum atomic E-state index is -0.311. The number of hydrogen-bond donors (Lipinski definition) is 1. The molecule has 0 spiro atoms. The van der Waals surface area contributed by atoms with E-state index in [-0.39, 0.29) is 18.1 Å². The van der Waals surface area contributed by atoms with Crippen molar-refractivity contribution in [3.05, 3.63) is 96.0 Å². The fraction of sp³-hybridized carbons (Fsp3) is 0.0435. The van der Waals surface area contributed by atoms with Crippen LogP contribution in [0, 0.1) is 5.82 Å². The molecule has 5 nitrogen and oxygen atoms in total. The number of benzene rings is 2. The van der Waals surface area contributed by atoms with Crippen molar-refractivity contribution in [2.45, 2.75) is 6.42 Å². The van der Waals surface area contributed by atoms with Gasteiger partial charge in [-0.2, -0.15) is 0 Å². The fourth-order valence-electron chi connectivity index (χ4n) is 3.37. The van der Waals surface area contributed by atoms with Gasteiger partial charge in [0.05, 0.1) is 6.42 Å². The summed E-state index contributed by atoms with van der Waals surface area (Å²) in [5.74, 6) is 0.139. The number of carbonyl (C=O) groups is 1. The van der Waals surface area contributed by atoms with Gasteiger partial charge in [0.25, 0.3) is 0 Å². The summed E-state index contributed by atoms with van der Waals surface area (Å²) in [6, 6.07) is 17.9. The van der Waals surface area contributed by atoms with Crippen LogP contribution in [0.3, 0.4) is 0 Å². The molecule has 0 radical (unpaired) electrons. The second kappa shape index (κ2) is 7.61. The van der Waals surface area contributed by atoms with E-state index < -0.39 is 0 Å². The van der Waals surface area contributed by atoms with Crippen LogP contribution in [0.15, 0.2) is 84.6 Å². The lowest BCUT2D eigenvalue weighted by molar-refractivity contribution is -0.115. The molecule has 0 saturated carbocycles. The van der Waals surface area contributed by atoms with Crippen molar-refractivity contribution >= 4 is 28.0 Å². The Hall–Kier alpha value is -3.71. The molecule has 7 heteroatoms. The van der Waals surface area contributed by atoms with Gasteiger partial charge in [-0.1, -0.05) is 12.1 Å². The predicted octanol–water partition coefficient (Wildman–Crippen LogP) is 5.17. The third-order valence-corrected chi connectivity index (χ3v) is 5.60. The minimum Gasteiger partial charge on any atom is -0.324 e. The van der Waals surface area contributed by atoms with Crippen molar-refractivity contribution in [1.29, 1.82) is 0 Å². The zero-order chi connectivity index (χ0) is 20.5. The summed E-state index contributed by atoms with van der Waals surface area (Å²) in [6.07, 6.45) is 6.06. The third-order valence-electron chi connectivity index (χ3n) is 4.84. The zero-order valence-corrected chi connectivity index (χ0v) is 16.6. The first-order valence-corrected chi connectivity index (χ1v) is 10.3. The second-order valence-corrected chi connectivity index (χ2v) is 7.73. The van der Waals surface area contributed by atoms with Gasteiger partial charge in [-0.15, -0.1) is 11.3 Å². The van der Waals surface area contributed by atoms with Crippen LogP contribution in [0.4, 0.5) is 10.2 Å². The Morgan fingerprint density at radius 3 is 2.47 bits per heavy atom. The number of amides is 1. The SMILES string of the molecule is O=C(Cc1ccc(-n2cccc2)cc1)Nc1c(-c2ccc(F)cc2)nc2sccn12. The Kier molecular flexibility index (Phi) is 4.65. The summed E-state index contributed by atoms with van der Waals surface area (Å²) in [6.45, 7) is 0. The van der Waals surface area contributed by atoms with Crippen LogP contribution >= 0.6 is 11.3 Å². The molecule has 2 aromatic carbocycles. The standard InChI is InChI=1S/C23H17FN4OS/c24-18-7-5-17(6-8-18)21-22(28-13-14-30-23(28)26-21)25-20(29)15-16-3-9-19(10-4-16)27-11-1-2-12-27/h1-14H,15H2,(H,25,29). The van der Waals surface area contributed by atoms with E-state index in [4.69, 9.17) is 0 Å². The van der Waals surface area contributed by atoms with E-state index in [0.717, 1.165) is 21.8 Å². The molecule has 0 aliphatic heterocycles. The molecule has 5 aromatic rings. The Morgan fingerprint density at radius 1 is 1.00 bits per heavy atom. The smallest absolute Gasteiger partial charge is 0.229 e. The van der Waals surface area contributed by atoms with E-state index in [1.165, 1.54) is 23.5 Å². The van der Waals surface area contributed by atoms with E-state index >= 15 is 0 Å².